The first-order valence-corrected chi connectivity index (χ1v) is 6.87. The van der Waals surface area contributed by atoms with E-state index in [-0.39, 0.29) is 11.0 Å². The second-order valence-corrected chi connectivity index (χ2v) is 5.83. The van der Waals surface area contributed by atoms with E-state index < -0.39 is 23.2 Å². The highest BCUT2D eigenvalue weighted by Crippen LogP contribution is 2.45. The minimum absolute atomic E-state index is 0.0928. The van der Waals surface area contributed by atoms with E-state index in [4.69, 9.17) is 5.11 Å². The second-order valence-electron chi connectivity index (χ2n) is 4.97. The molecule has 2 rings (SSSR count). The predicted molar refractivity (Wildman–Crippen MR) is 75.2 cm³/mol. The van der Waals surface area contributed by atoms with Gasteiger partial charge < -0.3 is 15.7 Å². The van der Waals surface area contributed by atoms with Gasteiger partial charge >= 0.3 is 12.0 Å². The molecule has 1 aromatic rings. The number of hydrogen-bond acceptors (Lipinski definition) is 2. The molecule has 0 aromatic heterocycles. The van der Waals surface area contributed by atoms with Crippen molar-refractivity contribution in [1.29, 1.82) is 0 Å². The van der Waals surface area contributed by atoms with E-state index in [2.05, 4.69) is 26.6 Å². The maximum Gasteiger partial charge on any atom is 0.319 e. The van der Waals surface area contributed by atoms with Crippen LogP contribution in [0.4, 0.5) is 14.9 Å². The van der Waals surface area contributed by atoms with Gasteiger partial charge in [0, 0.05) is 12.2 Å². The molecule has 1 saturated carbocycles. The lowest BCUT2D eigenvalue weighted by atomic mass is 10.1. The lowest BCUT2D eigenvalue weighted by Gasteiger charge is -2.13. The molecule has 20 heavy (non-hydrogen) atoms. The van der Waals surface area contributed by atoms with Gasteiger partial charge in [0.1, 0.15) is 5.82 Å². The summed E-state index contributed by atoms with van der Waals surface area (Å²) in [6, 6.07) is 2.27. The third-order valence-electron chi connectivity index (χ3n) is 3.41. The minimum atomic E-state index is -0.890. The molecule has 0 saturated heterocycles. The van der Waals surface area contributed by atoms with E-state index in [1.807, 2.05) is 0 Å². The smallest absolute Gasteiger partial charge is 0.319 e. The highest BCUT2D eigenvalue weighted by Gasteiger charge is 2.50. The molecule has 0 heterocycles. The minimum Gasteiger partial charge on any atom is -0.481 e. The molecule has 1 aliphatic rings. The van der Waals surface area contributed by atoms with Gasteiger partial charge in [-0.2, -0.15) is 0 Å². The van der Waals surface area contributed by atoms with Crippen LogP contribution in [0.1, 0.15) is 18.4 Å². The molecule has 0 atom stereocenters. The largest absolute Gasteiger partial charge is 0.481 e. The fraction of sp³-hybridized carbons (Fsp3) is 0.385. The van der Waals surface area contributed by atoms with E-state index in [1.54, 1.807) is 6.92 Å². The summed E-state index contributed by atoms with van der Waals surface area (Å²) in [5.74, 6) is -1.30. The van der Waals surface area contributed by atoms with Gasteiger partial charge in [0.2, 0.25) is 0 Å². The summed E-state index contributed by atoms with van der Waals surface area (Å²) in [5.41, 5.74) is 0.242. The van der Waals surface area contributed by atoms with Crippen LogP contribution in [0.25, 0.3) is 0 Å². The van der Waals surface area contributed by atoms with Crippen molar-refractivity contribution >= 4 is 33.6 Å². The second kappa shape index (κ2) is 5.40. The molecule has 0 radical (unpaired) electrons. The molecular weight excluding hydrogens is 331 g/mol. The van der Waals surface area contributed by atoms with Crippen LogP contribution in [0.2, 0.25) is 0 Å². The zero-order chi connectivity index (χ0) is 14.9. The number of urea groups is 1. The number of halogens is 2. The van der Waals surface area contributed by atoms with Gasteiger partial charge in [0.15, 0.2) is 0 Å². The van der Waals surface area contributed by atoms with Crippen molar-refractivity contribution in [3.05, 3.63) is 28.0 Å². The Morgan fingerprint density at radius 1 is 1.45 bits per heavy atom. The number of benzene rings is 1. The Morgan fingerprint density at radius 3 is 2.65 bits per heavy atom. The highest BCUT2D eigenvalue weighted by molar-refractivity contribution is 9.10. The number of nitrogens with one attached hydrogen (secondary N) is 2. The van der Waals surface area contributed by atoms with Gasteiger partial charge in [-0.25, -0.2) is 9.18 Å². The van der Waals surface area contributed by atoms with Crippen LogP contribution < -0.4 is 10.6 Å². The number of carboxylic acids is 1. The van der Waals surface area contributed by atoms with Crippen molar-refractivity contribution in [3.8, 4) is 0 Å². The number of hydrogen-bond donors (Lipinski definition) is 3. The maximum atomic E-state index is 13.3. The SMILES string of the molecule is Cc1cc(F)c(Br)cc1NC(=O)NCC1(C(=O)O)CC1. The first kappa shape index (κ1) is 14.8. The van der Waals surface area contributed by atoms with Crippen molar-refractivity contribution in [1.82, 2.24) is 5.32 Å². The van der Waals surface area contributed by atoms with Crippen molar-refractivity contribution in [3.63, 3.8) is 0 Å². The van der Waals surface area contributed by atoms with Crippen LogP contribution in [0.3, 0.4) is 0 Å². The number of carbonyl (C=O) groups is 2. The van der Waals surface area contributed by atoms with Gasteiger partial charge in [-0.3, -0.25) is 4.79 Å². The Balaban J connectivity index is 1.95. The average molecular weight is 345 g/mol. The van der Waals surface area contributed by atoms with E-state index in [0.29, 0.717) is 24.1 Å². The number of amides is 2. The van der Waals surface area contributed by atoms with Crippen LogP contribution >= 0.6 is 15.9 Å². The molecule has 108 valence electrons. The number of rotatable bonds is 4. The maximum absolute atomic E-state index is 13.3. The van der Waals surface area contributed by atoms with Crippen LogP contribution in [0, 0.1) is 18.2 Å². The van der Waals surface area contributed by atoms with Crippen LogP contribution in [0.5, 0.6) is 0 Å². The van der Waals surface area contributed by atoms with Crippen molar-refractivity contribution in [2.45, 2.75) is 19.8 Å². The number of carbonyl (C=O) groups excluding carboxylic acids is 1. The zero-order valence-electron chi connectivity index (χ0n) is 10.8. The molecule has 7 heteroatoms. The van der Waals surface area contributed by atoms with E-state index in [0.717, 1.165) is 0 Å². The first-order valence-electron chi connectivity index (χ1n) is 6.08. The molecule has 1 fully saturated rings. The molecule has 0 spiro atoms. The summed E-state index contributed by atoms with van der Waals surface area (Å²) >= 11 is 3.05. The molecule has 0 unspecified atom stereocenters. The Bertz CT molecular complexity index is 573. The standard InChI is InChI=1S/C13H14BrFN2O3/c1-7-4-9(15)8(14)5-10(7)17-12(20)16-6-13(2-3-13)11(18)19/h4-5H,2-3,6H2,1H3,(H,18,19)(H2,16,17,20). The molecule has 0 aliphatic heterocycles. The van der Waals surface area contributed by atoms with Gasteiger partial charge in [0.05, 0.1) is 9.89 Å². The third kappa shape index (κ3) is 3.09. The fourth-order valence-electron chi connectivity index (χ4n) is 1.81. The monoisotopic (exact) mass is 344 g/mol. The summed E-state index contributed by atoms with van der Waals surface area (Å²) in [5, 5.41) is 14.1. The van der Waals surface area contributed by atoms with Crippen LogP contribution in [0.15, 0.2) is 16.6 Å². The Kier molecular flexibility index (Phi) is 3.99. The molecule has 0 bridgehead atoms. The number of carboxylic acid groups (broad SMARTS) is 1. The van der Waals surface area contributed by atoms with Crippen LogP contribution in [-0.4, -0.2) is 23.7 Å². The Morgan fingerprint density at radius 2 is 2.10 bits per heavy atom. The van der Waals surface area contributed by atoms with Gasteiger partial charge in [-0.15, -0.1) is 0 Å². The molecular formula is C13H14BrFN2O3. The quantitative estimate of drug-likeness (QED) is 0.785. The lowest BCUT2D eigenvalue weighted by molar-refractivity contribution is -0.143. The summed E-state index contributed by atoms with van der Waals surface area (Å²) in [6.45, 7) is 1.76. The number of anilines is 1. The average Bonchev–Trinajstić information content (AvgIpc) is 3.15. The van der Waals surface area contributed by atoms with Crippen molar-refractivity contribution in [2.24, 2.45) is 5.41 Å². The predicted octanol–water partition coefficient (Wildman–Crippen LogP) is 2.88. The Hall–Kier alpha value is -1.63. The molecule has 5 nitrogen and oxygen atoms in total. The van der Waals surface area contributed by atoms with E-state index in [9.17, 15) is 14.0 Å². The first-order chi connectivity index (χ1) is 9.34. The zero-order valence-corrected chi connectivity index (χ0v) is 12.4. The van der Waals surface area contributed by atoms with Gasteiger partial charge in [-0.05, 0) is 53.4 Å². The topological polar surface area (TPSA) is 78.4 Å². The summed E-state index contributed by atoms with van der Waals surface area (Å²) < 4.78 is 13.5. The summed E-state index contributed by atoms with van der Waals surface area (Å²) in [7, 11) is 0. The molecule has 1 aromatic carbocycles. The molecule has 2 amide bonds. The normalized spacial score (nSPS) is 15.6. The number of aliphatic carboxylic acids is 1. The van der Waals surface area contributed by atoms with E-state index in [1.165, 1.54) is 12.1 Å². The highest BCUT2D eigenvalue weighted by atomic mass is 79.9. The van der Waals surface area contributed by atoms with Gasteiger partial charge in [-0.1, -0.05) is 0 Å². The van der Waals surface area contributed by atoms with Gasteiger partial charge in [0.25, 0.3) is 0 Å². The summed E-state index contributed by atoms with van der Waals surface area (Å²) in [6.07, 6.45) is 1.15. The Labute approximate surface area is 123 Å². The summed E-state index contributed by atoms with van der Waals surface area (Å²) in [4.78, 5) is 22.7. The lowest BCUT2D eigenvalue weighted by Crippen LogP contribution is -2.36. The third-order valence-corrected chi connectivity index (χ3v) is 4.02. The van der Waals surface area contributed by atoms with Crippen molar-refractivity contribution in [2.75, 3.05) is 11.9 Å². The molecule has 1 aliphatic carbocycles. The fourth-order valence-corrected chi connectivity index (χ4v) is 2.16. The van der Waals surface area contributed by atoms with Crippen molar-refractivity contribution < 1.29 is 19.1 Å². The molecule has 3 N–H and O–H groups in total. The van der Waals surface area contributed by atoms with Crippen LogP contribution in [-0.2, 0) is 4.79 Å². The van der Waals surface area contributed by atoms with E-state index >= 15 is 0 Å². The number of aryl methyl sites for hydroxylation is 1.